The van der Waals surface area contributed by atoms with Crippen LogP contribution in [0.5, 0.6) is 5.75 Å². The molecule has 1 rings (SSSR count). The van der Waals surface area contributed by atoms with Crippen LogP contribution in [0.25, 0.3) is 0 Å². The van der Waals surface area contributed by atoms with Gasteiger partial charge in [-0.3, -0.25) is 0 Å². The van der Waals surface area contributed by atoms with Crippen molar-refractivity contribution >= 4 is 12.6 Å². The molecule has 96 valence electrons. The zero-order valence-electron chi connectivity index (χ0n) is 10.4. The highest BCUT2D eigenvalue weighted by molar-refractivity contribution is 7.80. The molecule has 0 fully saturated rings. The van der Waals surface area contributed by atoms with Gasteiger partial charge in [0.15, 0.2) is 11.6 Å². The summed E-state index contributed by atoms with van der Waals surface area (Å²) in [6, 6.07) is 5.15. The van der Waals surface area contributed by atoms with Crippen LogP contribution in [-0.4, -0.2) is 30.9 Å². The molecule has 0 N–H and O–H groups in total. The number of hydrogen-bond acceptors (Lipinski definition) is 3. The van der Waals surface area contributed by atoms with Gasteiger partial charge in [0.05, 0.1) is 6.61 Å². The summed E-state index contributed by atoms with van der Waals surface area (Å²) in [6.07, 6.45) is 1.04. The highest BCUT2D eigenvalue weighted by Gasteiger charge is 2.06. The molecule has 1 aromatic carbocycles. The average Bonchev–Trinajstić information content (AvgIpc) is 2.30. The Kier molecular flexibility index (Phi) is 6.37. The number of thiol groups is 1. The Bertz CT molecular complexity index is 346. The van der Waals surface area contributed by atoms with Gasteiger partial charge in [-0.2, -0.15) is 12.6 Å². The standard InChI is InChI=1S/C13H20FNOS/c1-3-16-13-6-5-11(9-12(13)14)10-15(2)7-4-8-17/h5-6,9,17H,3-4,7-8,10H2,1-2H3. The Morgan fingerprint density at radius 2 is 2.18 bits per heavy atom. The van der Waals surface area contributed by atoms with Crippen LogP contribution in [0.3, 0.4) is 0 Å². The van der Waals surface area contributed by atoms with Crippen LogP contribution in [0, 0.1) is 5.82 Å². The van der Waals surface area contributed by atoms with E-state index in [1.807, 2.05) is 20.0 Å². The summed E-state index contributed by atoms with van der Waals surface area (Å²) in [7, 11) is 2.03. The second kappa shape index (κ2) is 7.56. The minimum Gasteiger partial charge on any atom is -0.491 e. The van der Waals surface area contributed by atoms with Gasteiger partial charge in [0.25, 0.3) is 0 Å². The molecule has 0 aliphatic carbocycles. The van der Waals surface area contributed by atoms with Crippen LogP contribution in [0.15, 0.2) is 18.2 Å². The zero-order chi connectivity index (χ0) is 12.7. The van der Waals surface area contributed by atoms with Gasteiger partial charge >= 0.3 is 0 Å². The molecule has 0 atom stereocenters. The predicted octanol–water partition coefficient (Wildman–Crippen LogP) is 2.98. The van der Waals surface area contributed by atoms with E-state index in [-0.39, 0.29) is 5.82 Å². The summed E-state index contributed by atoms with van der Waals surface area (Å²) >= 11 is 4.17. The second-order valence-corrected chi connectivity index (χ2v) is 4.46. The van der Waals surface area contributed by atoms with Crippen LogP contribution in [0.4, 0.5) is 4.39 Å². The normalized spacial score (nSPS) is 10.9. The van der Waals surface area contributed by atoms with Crippen molar-refractivity contribution in [1.29, 1.82) is 0 Å². The number of hydrogen-bond donors (Lipinski definition) is 1. The molecule has 0 amide bonds. The van der Waals surface area contributed by atoms with Gasteiger partial charge in [-0.15, -0.1) is 0 Å². The zero-order valence-corrected chi connectivity index (χ0v) is 11.3. The maximum absolute atomic E-state index is 13.6. The second-order valence-electron chi connectivity index (χ2n) is 4.01. The molecule has 0 unspecified atom stereocenters. The summed E-state index contributed by atoms with van der Waals surface area (Å²) in [4.78, 5) is 2.16. The van der Waals surface area contributed by atoms with Crippen molar-refractivity contribution < 1.29 is 9.13 Å². The molecule has 0 saturated heterocycles. The van der Waals surface area contributed by atoms with Crippen molar-refractivity contribution in [1.82, 2.24) is 4.90 Å². The lowest BCUT2D eigenvalue weighted by molar-refractivity contribution is 0.316. The van der Waals surface area contributed by atoms with E-state index in [0.717, 1.165) is 30.8 Å². The first kappa shape index (κ1) is 14.3. The Labute approximate surface area is 108 Å². The minimum absolute atomic E-state index is 0.285. The number of rotatable bonds is 7. The number of nitrogens with zero attached hydrogens (tertiary/aromatic N) is 1. The van der Waals surface area contributed by atoms with Gasteiger partial charge in [-0.25, -0.2) is 4.39 Å². The maximum Gasteiger partial charge on any atom is 0.165 e. The quantitative estimate of drug-likeness (QED) is 0.754. The maximum atomic E-state index is 13.6. The van der Waals surface area contributed by atoms with Crippen molar-refractivity contribution in [3.05, 3.63) is 29.6 Å². The highest BCUT2D eigenvalue weighted by Crippen LogP contribution is 2.19. The third-order valence-electron chi connectivity index (χ3n) is 2.45. The average molecular weight is 257 g/mol. The fourth-order valence-electron chi connectivity index (χ4n) is 1.65. The summed E-state index contributed by atoms with van der Waals surface area (Å²) in [5, 5.41) is 0. The van der Waals surface area contributed by atoms with Gasteiger partial charge in [-0.1, -0.05) is 6.07 Å². The Morgan fingerprint density at radius 3 is 2.76 bits per heavy atom. The molecule has 4 heteroatoms. The van der Waals surface area contributed by atoms with Crippen LogP contribution in [0.2, 0.25) is 0 Å². The first-order valence-electron chi connectivity index (χ1n) is 5.88. The van der Waals surface area contributed by atoms with Crippen LogP contribution in [0.1, 0.15) is 18.9 Å². The van der Waals surface area contributed by atoms with Crippen molar-refractivity contribution in [3.63, 3.8) is 0 Å². The van der Waals surface area contributed by atoms with E-state index in [9.17, 15) is 4.39 Å². The van der Waals surface area contributed by atoms with Crippen molar-refractivity contribution in [2.45, 2.75) is 19.9 Å². The lowest BCUT2D eigenvalue weighted by atomic mass is 10.2. The molecular formula is C13H20FNOS. The molecule has 0 aromatic heterocycles. The van der Waals surface area contributed by atoms with E-state index >= 15 is 0 Å². The smallest absolute Gasteiger partial charge is 0.165 e. The van der Waals surface area contributed by atoms with Crippen molar-refractivity contribution in [2.75, 3.05) is 26.0 Å². The molecule has 0 bridgehead atoms. The third kappa shape index (κ3) is 4.96. The molecule has 0 heterocycles. The lowest BCUT2D eigenvalue weighted by Crippen LogP contribution is -2.19. The van der Waals surface area contributed by atoms with Crippen LogP contribution < -0.4 is 4.74 Å². The Hall–Kier alpha value is -0.740. The molecule has 0 aliphatic rings. The largest absolute Gasteiger partial charge is 0.491 e. The van der Waals surface area contributed by atoms with E-state index in [2.05, 4.69) is 17.5 Å². The summed E-state index contributed by atoms with van der Waals surface area (Å²) in [6.45, 7) is 4.05. The number of ether oxygens (including phenoxy) is 1. The molecule has 1 aromatic rings. The van der Waals surface area contributed by atoms with Gasteiger partial charge in [0, 0.05) is 6.54 Å². The minimum atomic E-state index is -0.285. The Balaban J connectivity index is 2.57. The van der Waals surface area contributed by atoms with E-state index in [1.165, 1.54) is 0 Å². The molecule has 17 heavy (non-hydrogen) atoms. The fraction of sp³-hybridized carbons (Fsp3) is 0.538. The van der Waals surface area contributed by atoms with Crippen LogP contribution >= 0.6 is 12.6 Å². The predicted molar refractivity (Wildman–Crippen MR) is 72.4 cm³/mol. The number of benzene rings is 1. The van der Waals surface area contributed by atoms with Crippen LogP contribution in [-0.2, 0) is 6.54 Å². The molecule has 0 aliphatic heterocycles. The summed E-state index contributed by atoms with van der Waals surface area (Å²) in [5.74, 6) is 0.920. The van der Waals surface area contributed by atoms with Crippen molar-refractivity contribution in [3.8, 4) is 5.75 Å². The molecule has 0 radical (unpaired) electrons. The molecule has 0 spiro atoms. The van der Waals surface area contributed by atoms with Gasteiger partial charge in [0.2, 0.25) is 0 Å². The topological polar surface area (TPSA) is 12.5 Å². The monoisotopic (exact) mass is 257 g/mol. The van der Waals surface area contributed by atoms with E-state index in [1.54, 1.807) is 12.1 Å². The Morgan fingerprint density at radius 1 is 1.41 bits per heavy atom. The summed E-state index contributed by atoms with van der Waals surface area (Å²) < 4.78 is 18.7. The lowest BCUT2D eigenvalue weighted by Gasteiger charge is -2.16. The van der Waals surface area contributed by atoms with E-state index < -0.39 is 0 Å². The highest BCUT2D eigenvalue weighted by atomic mass is 32.1. The van der Waals surface area contributed by atoms with Gasteiger partial charge < -0.3 is 9.64 Å². The molecule has 2 nitrogen and oxygen atoms in total. The van der Waals surface area contributed by atoms with E-state index in [4.69, 9.17) is 4.74 Å². The van der Waals surface area contributed by atoms with Gasteiger partial charge in [0.1, 0.15) is 0 Å². The third-order valence-corrected chi connectivity index (χ3v) is 2.76. The first-order chi connectivity index (χ1) is 8.17. The summed E-state index contributed by atoms with van der Waals surface area (Å²) in [5.41, 5.74) is 0.965. The molecular weight excluding hydrogens is 237 g/mol. The first-order valence-corrected chi connectivity index (χ1v) is 6.51. The van der Waals surface area contributed by atoms with Crippen molar-refractivity contribution in [2.24, 2.45) is 0 Å². The van der Waals surface area contributed by atoms with E-state index in [0.29, 0.717) is 12.4 Å². The van der Waals surface area contributed by atoms with Gasteiger partial charge in [-0.05, 0) is 50.4 Å². The molecule has 0 saturated carbocycles. The number of halogens is 1. The SMILES string of the molecule is CCOc1ccc(CN(C)CCCS)cc1F. The fourth-order valence-corrected chi connectivity index (χ4v) is 1.79.